The van der Waals surface area contributed by atoms with Gasteiger partial charge in [0.25, 0.3) is 0 Å². The summed E-state index contributed by atoms with van der Waals surface area (Å²) in [5, 5.41) is 7.24. The average molecular weight is 523 g/mol. The van der Waals surface area contributed by atoms with Crippen LogP contribution in [0.2, 0.25) is 0 Å². The second kappa shape index (κ2) is 11.6. The summed E-state index contributed by atoms with van der Waals surface area (Å²) >= 11 is 1.67. The Morgan fingerprint density at radius 3 is 2.48 bits per heavy atom. The van der Waals surface area contributed by atoms with E-state index in [4.69, 9.17) is 0 Å². The highest BCUT2D eigenvalue weighted by molar-refractivity contribution is 14.0. The Kier molecular flexibility index (Phi) is 10.2. The zero-order valence-electron chi connectivity index (χ0n) is 15.7. The smallest absolute Gasteiger partial charge is 0.240 e. The summed E-state index contributed by atoms with van der Waals surface area (Å²) in [5.41, 5.74) is 1.02. The van der Waals surface area contributed by atoms with E-state index in [2.05, 4.69) is 32.3 Å². The summed E-state index contributed by atoms with van der Waals surface area (Å²) < 4.78 is 27.0. The third kappa shape index (κ3) is 7.72. The Balaban J connectivity index is 0.00000364. The van der Waals surface area contributed by atoms with Gasteiger partial charge in [-0.25, -0.2) is 18.1 Å². The Bertz CT molecular complexity index is 835. The van der Waals surface area contributed by atoms with Crippen LogP contribution in [0.1, 0.15) is 22.4 Å². The van der Waals surface area contributed by atoms with E-state index in [1.807, 2.05) is 13.1 Å². The number of rotatable bonds is 8. The number of halogens is 1. The number of aliphatic imine (C=N–C) groups is 1. The quantitative estimate of drug-likeness (QED) is 0.214. The molecule has 0 aliphatic heterocycles. The third-order valence-corrected chi connectivity index (χ3v) is 6.24. The van der Waals surface area contributed by atoms with Crippen molar-refractivity contribution in [2.75, 3.05) is 20.1 Å². The van der Waals surface area contributed by atoms with Crippen molar-refractivity contribution in [1.29, 1.82) is 0 Å². The summed E-state index contributed by atoms with van der Waals surface area (Å²) in [6.07, 6.45) is 2.86. The van der Waals surface area contributed by atoms with Crippen LogP contribution in [0.4, 0.5) is 0 Å². The van der Waals surface area contributed by atoms with Gasteiger partial charge >= 0.3 is 0 Å². The molecule has 0 atom stereocenters. The van der Waals surface area contributed by atoms with Gasteiger partial charge in [-0.3, -0.25) is 4.99 Å². The van der Waals surface area contributed by atoms with Crippen molar-refractivity contribution in [3.63, 3.8) is 0 Å². The first-order chi connectivity index (χ1) is 12.4. The minimum absolute atomic E-state index is 0. The topological polar surface area (TPSA) is 95.5 Å². The number of thiazole rings is 1. The third-order valence-electron chi connectivity index (χ3n) is 3.62. The van der Waals surface area contributed by atoms with Crippen LogP contribution in [-0.2, 0) is 23.0 Å². The number of nitrogens with zero attached hydrogens (tertiary/aromatic N) is 2. The van der Waals surface area contributed by atoms with Crippen molar-refractivity contribution < 1.29 is 8.42 Å². The molecule has 3 N–H and O–H groups in total. The maximum atomic E-state index is 12.2. The van der Waals surface area contributed by atoms with Gasteiger partial charge in [0.15, 0.2) is 5.96 Å². The number of guanidine groups is 1. The number of sulfonamides is 1. The fourth-order valence-corrected chi connectivity index (χ4v) is 3.97. The van der Waals surface area contributed by atoms with E-state index in [0.717, 1.165) is 17.0 Å². The highest BCUT2D eigenvalue weighted by atomic mass is 127. The summed E-state index contributed by atoms with van der Waals surface area (Å²) in [4.78, 5) is 9.98. The van der Waals surface area contributed by atoms with E-state index < -0.39 is 10.0 Å². The molecule has 1 aromatic carbocycles. The zero-order chi connectivity index (χ0) is 19.0. The van der Waals surface area contributed by atoms with Gasteiger partial charge in [-0.15, -0.1) is 35.3 Å². The van der Waals surface area contributed by atoms with Crippen LogP contribution in [0, 0.1) is 6.92 Å². The minimum atomic E-state index is -3.50. The Morgan fingerprint density at radius 2 is 1.89 bits per heavy atom. The van der Waals surface area contributed by atoms with Gasteiger partial charge in [-0.1, -0.05) is 24.6 Å². The number of aryl methyl sites for hydroxylation is 2. The standard InChI is InChI=1S/C17H25N5O2S2.HI/c1-4-14-11-20-16(25-14)12-21-17(18-3)19-9-10-22-26(23,24)15-7-5-13(2)6-8-15;/h5-8,11,22H,4,9-10,12H2,1-3H3,(H2,18,19,21);1H. The second-order valence-corrected chi connectivity index (χ2v) is 8.60. The van der Waals surface area contributed by atoms with E-state index in [0.29, 0.717) is 19.0 Å². The van der Waals surface area contributed by atoms with Crippen molar-refractivity contribution in [3.8, 4) is 0 Å². The lowest BCUT2D eigenvalue weighted by Gasteiger charge is -2.12. The molecule has 7 nitrogen and oxygen atoms in total. The second-order valence-electron chi connectivity index (χ2n) is 5.64. The van der Waals surface area contributed by atoms with Gasteiger partial charge in [0, 0.05) is 31.2 Å². The largest absolute Gasteiger partial charge is 0.355 e. The molecule has 1 aromatic heterocycles. The molecule has 0 unspecified atom stereocenters. The van der Waals surface area contributed by atoms with Crippen LogP contribution in [0.25, 0.3) is 0 Å². The molecule has 2 rings (SSSR count). The lowest BCUT2D eigenvalue weighted by atomic mass is 10.2. The van der Waals surface area contributed by atoms with Gasteiger partial charge in [-0.2, -0.15) is 0 Å². The highest BCUT2D eigenvalue weighted by Crippen LogP contribution is 2.12. The molecular formula is C17H26IN5O2S2. The van der Waals surface area contributed by atoms with Gasteiger partial charge in [0.2, 0.25) is 10.0 Å². The maximum absolute atomic E-state index is 12.2. The van der Waals surface area contributed by atoms with Crippen molar-refractivity contribution in [2.45, 2.75) is 31.7 Å². The SMILES string of the molecule is CCc1cnc(CNC(=NC)NCCNS(=O)(=O)c2ccc(C)cc2)s1.I. The van der Waals surface area contributed by atoms with Crippen molar-refractivity contribution in [3.05, 3.63) is 45.9 Å². The predicted octanol–water partition coefficient (Wildman–Crippen LogP) is 2.28. The molecule has 0 amide bonds. The molecule has 0 saturated carbocycles. The molecule has 0 aliphatic rings. The van der Waals surface area contributed by atoms with Crippen LogP contribution in [0.5, 0.6) is 0 Å². The molecule has 0 bridgehead atoms. The molecule has 27 heavy (non-hydrogen) atoms. The van der Waals surface area contributed by atoms with Gasteiger partial charge in [0.1, 0.15) is 5.01 Å². The predicted molar refractivity (Wildman–Crippen MR) is 121 cm³/mol. The molecule has 10 heteroatoms. The van der Waals surface area contributed by atoms with Crippen LogP contribution in [0.3, 0.4) is 0 Å². The van der Waals surface area contributed by atoms with E-state index in [-0.39, 0.29) is 35.4 Å². The fraction of sp³-hybridized carbons (Fsp3) is 0.412. The highest BCUT2D eigenvalue weighted by Gasteiger charge is 2.12. The minimum Gasteiger partial charge on any atom is -0.355 e. The van der Waals surface area contributed by atoms with E-state index in [1.54, 1.807) is 42.6 Å². The molecule has 0 fully saturated rings. The van der Waals surface area contributed by atoms with Crippen LogP contribution < -0.4 is 15.4 Å². The van der Waals surface area contributed by atoms with E-state index in [9.17, 15) is 8.42 Å². The molecule has 0 saturated heterocycles. The molecule has 0 radical (unpaired) electrons. The Hall–Kier alpha value is -1.24. The number of hydrogen-bond acceptors (Lipinski definition) is 5. The molecular weight excluding hydrogens is 497 g/mol. The summed E-state index contributed by atoms with van der Waals surface area (Å²) in [6, 6.07) is 6.76. The first-order valence-corrected chi connectivity index (χ1v) is 10.7. The maximum Gasteiger partial charge on any atom is 0.240 e. The Labute approximate surface area is 182 Å². The van der Waals surface area contributed by atoms with E-state index in [1.165, 1.54) is 4.88 Å². The zero-order valence-corrected chi connectivity index (χ0v) is 19.6. The molecule has 0 aliphatic carbocycles. The number of nitrogens with one attached hydrogen (secondary N) is 3. The molecule has 150 valence electrons. The van der Waals surface area contributed by atoms with Crippen LogP contribution in [0.15, 0.2) is 40.4 Å². The lowest BCUT2D eigenvalue weighted by molar-refractivity contribution is 0.580. The average Bonchev–Trinajstić information content (AvgIpc) is 3.09. The van der Waals surface area contributed by atoms with Gasteiger partial charge in [0.05, 0.1) is 11.4 Å². The summed E-state index contributed by atoms with van der Waals surface area (Å²) in [5.74, 6) is 0.604. The van der Waals surface area contributed by atoms with E-state index >= 15 is 0 Å². The normalized spacial score (nSPS) is 11.7. The first kappa shape index (κ1) is 23.8. The lowest BCUT2D eigenvalue weighted by Crippen LogP contribution is -2.41. The molecule has 0 spiro atoms. The number of aromatic nitrogens is 1. The van der Waals surface area contributed by atoms with Crippen molar-refractivity contribution in [2.24, 2.45) is 4.99 Å². The van der Waals surface area contributed by atoms with Crippen LogP contribution >= 0.6 is 35.3 Å². The van der Waals surface area contributed by atoms with Crippen LogP contribution in [-0.4, -0.2) is 39.5 Å². The van der Waals surface area contributed by atoms with Crippen molar-refractivity contribution in [1.82, 2.24) is 20.3 Å². The summed E-state index contributed by atoms with van der Waals surface area (Å²) in [7, 11) is -1.82. The Morgan fingerprint density at radius 1 is 1.19 bits per heavy atom. The number of hydrogen-bond donors (Lipinski definition) is 3. The van der Waals surface area contributed by atoms with Gasteiger partial charge in [-0.05, 0) is 25.5 Å². The monoisotopic (exact) mass is 523 g/mol. The fourth-order valence-electron chi connectivity index (χ4n) is 2.14. The molecule has 2 aromatic rings. The number of benzene rings is 1. The van der Waals surface area contributed by atoms with Crippen molar-refractivity contribution >= 4 is 51.3 Å². The summed E-state index contributed by atoms with van der Waals surface area (Å²) in [6.45, 7) is 5.28. The van der Waals surface area contributed by atoms with Gasteiger partial charge < -0.3 is 10.6 Å². The first-order valence-electron chi connectivity index (χ1n) is 8.39. The molecule has 1 heterocycles.